The molecular formula is C14H16N2O6Zn. The van der Waals surface area contributed by atoms with Crippen molar-refractivity contribution in [1.29, 1.82) is 0 Å². The van der Waals surface area contributed by atoms with Crippen molar-refractivity contribution in [3.63, 3.8) is 0 Å². The molecule has 1 aliphatic heterocycles. The summed E-state index contributed by atoms with van der Waals surface area (Å²) in [5.41, 5.74) is 0. The van der Waals surface area contributed by atoms with Crippen LogP contribution in [0.4, 0.5) is 0 Å². The Kier molecular flexibility index (Phi) is 5.22. The Morgan fingerprint density at radius 3 is 2.91 bits per heavy atom. The van der Waals surface area contributed by atoms with E-state index in [1.807, 2.05) is 6.42 Å². The number of carbonyl (C=O) groups excluding carboxylic acids is 3. The molecule has 23 heavy (non-hydrogen) atoms. The third-order valence-corrected chi connectivity index (χ3v) is 4.33. The van der Waals surface area contributed by atoms with Gasteiger partial charge in [-0.3, -0.25) is 10.1 Å². The van der Waals surface area contributed by atoms with Gasteiger partial charge in [0.05, 0.1) is 7.05 Å². The second kappa shape index (κ2) is 6.81. The van der Waals surface area contributed by atoms with E-state index in [-0.39, 0.29) is 55.1 Å². The molecule has 3 rings (SSSR count). The smallest absolute Gasteiger partial charge is 0.452 e. The van der Waals surface area contributed by atoms with E-state index in [0.717, 1.165) is 6.42 Å². The second-order valence-electron chi connectivity index (χ2n) is 5.47. The van der Waals surface area contributed by atoms with Crippen molar-refractivity contribution in [2.24, 2.45) is 17.8 Å². The molecule has 0 amide bonds. The number of likely N-dealkylation sites (N-methyl/N-ethyl adjacent to an activating group) is 1. The molecule has 8 nitrogen and oxygen atoms in total. The molecule has 0 aromatic carbocycles. The van der Waals surface area contributed by atoms with Crippen LogP contribution in [0.5, 0.6) is 0 Å². The second-order valence-corrected chi connectivity index (χ2v) is 5.47. The topological polar surface area (TPSA) is 105 Å². The maximum absolute atomic E-state index is 11.8. The molecule has 1 heterocycles. The molecule has 5 unspecified atom stereocenters. The van der Waals surface area contributed by atoms with Gasteiger partial charge in [0, 0.05) is 19.5 Å². The molecule has 3 fully saturated rings. The fourth-order valence-corrected chi connectivity index (χ4v) is 3.42. The molecule has 2 aliphatic carbocycles. The van der Waals surface area contributed by atoms with E-state index in [4.69, 9.17) is 14.2 Å². The Balaban J connectivity index is 0.00000192. The van der Waals surface area contributed by atoms with Gasteiger partial charge in [0.15, 0.2) is 13.3 Å². The van der Waals surface area contributed by atoms with Crippen LogP contribution < -0.4 is 9.98 Å². The number of hydrogen-bond donors (Lipinski definition) is 1. The SMILES string of the molecule is C=[N+]=C(NC)C(=O)OCC(=O)OC1C2[CH-]C3C(=O)OC1C3C2.[Zn]. The predicted octanol–water partition coefficient (Wildman–Crippen LogP) is -1.78. The van der Waals surface area contributed by atoms with Crippen molar-refractivity contribution >= 4 is 30.5 Å². The van der Waals surface area contributed by atoms with Gasteiger partial charge < -0.3 is 20.6 Å². The Labute approximate surface area is 145 Å². The summed E-state index contributed by atoms with van der Waals surface area (Å²) >= 11 is 0. The molecule has 0 aromatic heterocycles. The van der Waals surface area contributed by atoms with Gasteiger partial charge in [-0.15, -0.1) is 5.92 Å². The Hall–Kier alpha value is -1.72. The number of nitrogens with one attached hydrogen (secondary N) is 1. The van der Waals surface area contributed by atoms with Gasteiger partial charge in [0.25, 0.3) is 5.97 Å². The number of carbonyl (C=O) groups is 3. The standard InChI is InChI=1S/C14H15N2O6.Zn/c1-15-12(16-2)14(19)20-5-9(17)21-10-6-3-7-8(4-6)13(18)22-11(7)10;/h4,6-8,10-11H,1,3,5H2,2H3;/q-1;/p+1. The summed E-state index contributed by atoms with van der Waals surface area (Å²) in [7, 11) is 1.49. The van der Waals surface area contributed by atoms with Gasteiger partial charge in [-0.25, -0.2) is 14.3 Å². The van der Waals surface area contributed by atoms with Crippen molar-refractivity contribution < 1.29 is 48.1 Å². The van der Waals surface area contributed by atoms with E-state index in [1.165, 1.54) is 7.05 Å². The molecule has 1 N–H and O–H groups in total. The van der Waals surface area contributed by atoms with Gasteiger partial charge in [-0.1, -0.05) is 12.3 Å². The zero-order valence-electron chi connectivity index (χ0n) is 12.7. The number of nitrogens with zero attached hydrogens (tertiary/aromatic N) is 1. The number of hydrogen-bond acceptors (Lipinski definition) is 6. The van der Waals surface area contributed by atoms with Crippen LogP contribution in [-0.2, 0) is 48.1 Å². The van der Waals surface area contributed by atoms with E-state index in [2.05, 4.69) is 16.7 Å². The Bertz CT molecular complexity index is 588. The average molecular weight is 374 g/mol. The Morgan fingerprint density at radius 1 is 1.52 bits per heavy atom. The molecule has 2 saturated carbocycles. The monoisotopic (exact) mass is 372 g/mol. The predicted molar refractivity (Wildman–Crippen MR) is 73.4 cm³/mol. The van der Waals surface area contributed by atoms with Crippen molar-refractivity contribution in [2.75, 3.05) is 13.7 Å². The van der Waals surface area contributed by atoms with Crippen LogP contribution in [0.1, 0.15) is 6.42 Å². The first-order chi connectivity index (χ1) is 10.5. The van der Waals surface area contributed by atoms with Gasteiger partial charge in [0.1, 0.15) is 12.2 Å². The van der Waals surface area contributed by atoms with Crippen LogP contribution in [0.3, 0.4) is 0 Å². The summed E-state index contributed by atoms with van der Waals surface area (Å²) < 4.78 is 18.8. The minimum atomic E-state index is -0.790. The van der Waals surface area contributed by atoms with Crippen LogP contribution in [-0.4, -0.2) is 56.3 Å². The molecule has 3 aliphatic rings. The third kappa shape index (κ3) is 3.03. The van der Waals surface area contributed by atoms with E-state index >= 15 is 0 Å². The van der Waals surface area contributed by atoms with Gasteiger partial charge in [0.2, 0.25) is 0 Å². The largest absolute Gasteiger partial charge is 0.460 e. The molecule has 0 aromatic rings. The summed E-state index contributed by atoms with van der Waals surface area (Å²) in [5, 5.41) is 2.50. The average Bonchev–Trinajstić information content (AvgIpc) is 3.11. The normalized spacial score (nSPS) is 32.4. The summed E-state index contributed by atoms with van der Waals surface area (Å²) in [6.07, 6.45) is 1.83. The van der Waals surface area contributed by atoms with Crippen molar-refractivity contribution in [3.05, 3.63) is 6.42 Å². The van der Waals surface area contributed by atoms with Gasteiger partial charge >= 0.3 is 17.8 Å². The number of rotatable bonds is 3. The van der Waals surface area contributed by atoms with Gasteiger partial charge in [-0.2, -0.15) is 0 Å². The summed E-state index contributed by atoms with van der Waals surface area (Å²) in [5.74, 6) is -1.83. The summed E-state index contributed by atoms with van der Waals surface area (Å²) in [4.78, 5) is 34.9. The maximum Gasteiger partial charge on any atom is 0.452 e. The third-order valence-electron chi connectivity index (χ3n) is 4.33. The Morgan fingerprint density at radius 2 is 2.26 bits per heavy atom. The van der Waals surface area contributed by atoms with E-state index in [1.54, 1.807) is 0 Å². The zero-order valence-corrected chi connectivity index (χ0v) is 15.7. The molecule has 9 heteroatoms. The molecule has 2 bridgehead atoms. The van der Waals surface area contributed by atoms with Gasteiger partial charge in [-0.05, 0) is 5.92 Å². The van der Waals surface area contributed by atoms with E-state index < -0.39 is 24.6 Å². The van der Waals surface area contributed by atoms with Crippen molar-refractivity contribution in [2.45, 2.75) is 18.6 Å². The fourth-order valence-electron chi connectivity index (χ4n) is 3.42. The molecule has 5 atom stereocenters. The summed E-state index contributed by atoms with van der Waals surface area (Å²) in [6.45, 7) is 2.67. The molecule has 120 valence electrons. The van der Waals surface area contributed by atoms with Crippen LogP contribution in [0, 0.1) is 24.2 Å². The van der Waals surface area contributed by atoms with Crippen molar-refractivity contribution in [1.82, 2.24) is 9.98 Å². The fraction of sp³-hybridized carbons (Fsp3) is 0.571. The first-order valence-corrected chi connectivity index (χ1v) is 6.98. The number of amidine groups is 1. The molecule has 0 spiro atoms. The number of fused-ring (bicyclic) bond motifs is 1. The quantitative estimate of drug-likeness (QED) is 0.119. The number of esters is 3. The molecule has 1 saturated heterocycles. The van der Waals surface area contributed by atoms with Crippen molar-refractivity contribution in [3.8, 4) is 0 Å². The first-order valence-electron chi connectivity index (χ1n) is 6.98. The minimum absolute atomic E-state index is 0. The van der Waals surface area contributed by atoms with Crippen LogP contribution >= 0.6 is 0 Å². The number of ether oxygens (including phenoxy) is 3. The molecular weight excluding hydrogens is 358 g/mol. The summed E-state index contributed by atoms with van der Waals surface area (Å²) in [6, 6.07) is 0. The van der Waals surface area contributed by atoms with Crippen LogP contribution in [0.2, 0.25) is 0 Å². The van der Waals surface area contributed by atoms with E-state index in [9.17, 15) is 14.4 Å². The van der Waals surface area contributed by atoms with Crippen LogP contribution in [0.15, 0.2) is 0 Å². The van der Waals surface area contributed by atoms with E-state index in [0.29, 0.717) is 0 Å². The zero-order chi connectivity index (χ0) is 15.9. The maximum atomic E-state index is 11.8. The first kappa shape index (κ1) is 17.6. The van der Waals surface area contributed by atoms with Crippen LogP contribution in [0.25, 0.3) is 0 Å². The minimum Gasteiger partial charge on any atom is -0.460 e. The molecule has 0 radical (unpaired) electrons.